The molecule has 1 aliphatic heterocycles. The van der Waals surface area contributed by atoms with E-state index in [1.807, 2.05) is 28.0 Å². The second kappa shape index (κ2) is 10.4. The molecule has 9 heteroatoms. The largest absolute Gasteiger partial charge is 0.480 e. The fourth-order valence-electron chi connectivity index (χ4n) is 2.57. The predicted octanol–water partition coefficient (Wildman–Crippen LogP) is -0.544. The van der Waals surface area contributed by atoms with E-state index >= 15 is 0 Å². The summed E-state index contributed by atoms with van der Waals surface area (Å²) >= 11 is 0. The van der Waals surface area contributed by atoms with E-state index in [0.29, 0.717) is 39.3 Å². The van der Waals surface area contributed by atoms with Gasteiger partial charge in [-0.1, -0.05) is 6.07 Å². The molecule has 0 amide bonds. The molecule has 1 aliphatic rings. The maximum Gasteiger partial charge on any atom is 0.317 e. The van der Waals surface area contributed by atoms with Crippen molar-refractivity contribution in [2.75, 3.05) is 39.3 Å². The van der Waals surface area contributed by atoms with Crippen molar-refractivity contribution < 1.29 is 36.9 Å². The van der Waals surface area contributed by atoms with Crippen LogP contribution in [0.4, 0.5) is 0 Å². The molecule has 0 aliphatic carbocycles. The molecule has 2 rings (SSSR count). The fourth-order valence-corrected chi connectivity index (χ4v) is 2.57. The standard InChI is InChI=1S/C15H22N4O4.Mn/c20-14(21)10-18-6-4-16-5-7-19(11-15(22)23)9-13-3-1-2-12(8-18)17-13;/h1-3,16H,4-11H2,(H,20,21)(H,22,23);. The van der Waals surface area contributed by atoms with Gasteiger partial charge >= 0.3 is 11.9 Å². The average Bonchev–Trinajstić information content (AvgIpc) is 2.44. The fraction of sp³-hybridized carbons (Fsp3) is 0.533. The Labute approximate surface area is 151 Å². The molecule has 1 radical (unpaired) electrons. The zero-order chi connectivity index (χ0) is 16.7. The van der Waals surface area contributed by atoms with Crippen LogP contribution in [0, 0.1) is 0 Å². The van der Waals surface area contributed by atoms with Crippen LogP contribution >= 0.6 is 0 Å². The minimum Gasteiger partial charge on any atom is -0.480 e. The monoisotopic (exact) mass is 377 g/mol. The number of aliphatic carboxylic acids is 2. The van der Waals surface area contributed by atoms with Crippen molar-refractivity contribution in [1.29, 1.82) is 0 Å². The number of carboxylic acid groups (broad SMARTS) is 2. The molecule has 2 bridgehead atoms. The first kappa shape index (κ1) is 20.5. The third kappa shape index (κ3) is 7.37. The third-order valence-electron chi connectivity index (χ3n) is 3.56. The van der Waals surface area contributed by atoms with Crippen molar-refractivity contribution in [3.8, 4) is 0 Å². The molecule has 2 heterocycles. The maximum atomic E-state index is 11.0. The molecule has 1 aromatic heterocycles. The second-order valence-electron chi connectivity index (χ2n) is 5.58. The van der Waals surface area contributed by atoms with E-state index in [9.17, 15) is 9.59 Å². The van der Waals surface area contributed by atoms with Gasteiger partial charge in [-0.05, 0) is 12.1 Å². The summed E-state index contributed by atoms with van der Waals surface area (Å²) in [6.07, 6.45) is 0. The Morgan fingerprint density at radius 2 is 1.46 bits per heavy atom. The summed E-state index contributed by atoms with van der Waals surface area (Å²) in [7, 11) is 0. The molecule has 0 aromatic carbocycles. The number of hydrogen-bond donors (Lipinski definition) is 3. The van der Waals surface area contributed by atoms with Gasteiger partial charge in [0.05, 0.1) is 24.5 Å². The van der Waals surface area contributed by atoms with Gasteiger partial charge in [0, 0.05) is 56.3 Å². The Morgan fingerprint density at radius 3 is 1.88 bits per heavy atom. The third-order valence-corrected chi connectivity index (χ3v) is 3.56. The van der Waals surface area contributed by atoms with Crippen LogP contribution in [0.25, 0.3) is 0 Å². The summed E-state index contributed by atoms with van der Waals surface area (Å²) in [6.45, 7) is 3.34. The Hall–Kier alpha value is -1.51. The topological polar surface area (TPSA) is 106 Å². The molecule has 0 saturated carbocycles. The summed E-state index contributed by atoms with van der Waals surface area (Å²) in [4.78, 5) is 30.1. The van der Waals surface area contributed by atoms with Crippen LogP contribution < -0.4 is 5.32 Å². The van der Waals surface area contributed by atoms with Crippen LogP contribution in [0.3, 0.4) is 0 Å². The quantitative estimate of drug-likeness (QED) is 0.601. The van der Waals surface area contributed by atoms with Crippen molar-refractivity contribution in [3.63, 3.8) is 0 Å². The van der Waals surface area contributed by atoms with Gasteiger partial charge in [-0.15, -0.1) is 0 Å². The SMILES string of the molecule is O=C(O)CN1CCNCCN(CC(=O)O)Cc2cccc(n2)C1.[Mn]. The predicted molar refractivity (Wildman–Crippen MR) is 82.9 cm³/mol. The number of carboxylic acids is 2. The molecule has 0 spiro atoms. The van der Waals surface area contributed by atoms with Gasteiger partial charge in [0.2, 0.25) is 0 Å². The molecule has 8 nitrogen and oxygen atoms in total. The molecule has 0 saturated heterocycles. The number of carbonyl (C=O) groups is 2. The van der Waals surface area contributed by atoms with Gasteiger partial charge in [-0.3, -0.25) is 24.4 Å². The summed E-state index contributed by atoms with van der Waals surface area (Å²) < 4.78 is 0. The molecule has 3 N–H and O–H groups in total. The van der Waals surface area contributed by atoms with E-state index in [2.05, 4.69) is 10.3 Å². The van der Waals surface area contributed by atoms with Crippen LogP contribution in [0.1, 0.15) is 11.4 Å². The van der Waals surface area contributed by atoms with Crippen molar-refractivity contribution in [2.45, 2.75) is 13.1 Å². The number of aromatic nitrogens is 1. The Morgan fingerprint density at radius 1 is 1.00 bits per heavy atom. The molecule has 0 unspecified atom stereocenters. The first-order chi connectivity index (χ1) is 11.0. The number of hydrogen-bond acceptors (Lipinski definition) is 6. The molecular weight excluding hydrogens is 355 g/mol. The molecule has 0 fully saturated rings. The van der Waals surface area contributed by atoms with Crippen LogP contribution in [-0.2, 0) is 39.7 Å². The number of nitrogens with one attached hydrogen (secondary N) is 1. The summed E-state index contributed by atoms with van der Waals surface area (Å²) in [5.74, 6) is -1.72. The Balaban J connectivity index is 0.00000288. The molecule has 1 aromatic rings. The van der Waals surface area contributed by atoms with Crippen molar-refractivity contribution >= 4 is 11.9 Å². The Kier molecular flexibility index (Phi) is 8.88. The van der Waals surface area contributed by atoms with Gasteiger partial charge in [-0.2, -0.15) is 0 Å². The van der Waals surface area contributed by atoms with E-state index in [1.165, 1.54) is 0 Å². The van der Waals surface area contributed by atoms with Crippen molar-refractivity contribution in [3.05, 3.63) is 29.6 Å². The summed E-state index contributed by atoms with van der Waals surface area (Å²) in [6, 6.07) is 5.59. The first-order valence-electron chi connectivity index (χ1n) is 7.57. The van der Waals surface area contributed by atoms with Crippen molar-refractivity contribution in [2.24, 2.45) is 0 Å². The van der Waals surface area contributed by atoms with Crippen molar-refractivity contribution in [1.82, 2.24) is 20.1 Å². The Bertz CT molecular complexity index is 515. The summed E-state index contributed by atoms with van der Waals surface area (Å²) in [5, 5.41) is 21.2. The smallest absolute Gasteiger partial charge is 0.317 e. The van der Waals surface area contributed by atoms with E-state index in [1.54, 1.807) is 0 Å². The van der Waals surface area contributed by atoms with Crippen LogP contribution in [0.5, 0.6) is 0 Å². The zero-order valence-corrected chi connectivity index (χ0v) is 14.5. The van der Waals surface area contributed by atoms with Gasteiger partial charge < -0.3 is 15.5 Å². The number of rotatable bonds is 4. The van der Waals surface area contributed by atoms with Gasteiger partial charge in [0.1, 0.15) is 0 Å². The summed E-state index contributed by atoms with van der Waals surface area (Å²) in [5.41, 5.74) is 1.58. The molecular formula is C15H22MnN4O4. The van der Waals surface area contributed by atoms with E-state index in [4.69, 9.17) is 10.2 Å². The average molecular weight is 377 g/mol. The number of pyridine rings is 1. The van der Waals surface area contributed by atoms with Gasteiger partial charge in [0.25, 0.3) is 0 Å². The second-order valence-corrected chi connectivity index (χ2v) is 5.58. The van der Waals surface area contributed by atoms with E-state index in [-0.39, 0.29) is 30.2 Å². The number of fused-ring (bicyclic) bond motifs is 2. The first-order valence-corrected chi connectivity index (χ1v) is 7.57. The normalized spacial score (nSPS) is 17.2. The maximum absolute atomic E-state index is 11.0. The van der Waals surface area contributed by atoms with E-state index < -0.39 is 11.9 Å². The molecule has 24 heavy (non-hydrogen) atoms. The minimum atomic E-state index is -0.860. The zero-order valence-electron chi connectivity index (χ0n) is 13.3. The van der Waals surface area contributed by atoms with Crippen LogP contribution in [-0.4, -0.2) is 76.2 Å². The van der Waals surface area contributed by atoms with Crippen LogP contribution in [0.15, 0.2) is 18.2 Å². The van der Waals surface area contributed by atoms with Gasteiger partial charge in [0.15, 0.2) is 0 Å². The minimum absolute atomic E-state index is 0. The molecule has 0 atom stereocenters. The van der Waals surface area contributed by atoms with Gasteiger partial charge in [-0.25, -0.2) is 0 Å². The van der Waals surface area contributed by atoms with E-state index in [0.717, 1.165) is 11.4 Å². The van der Waals surface area contributed by atoms with Crippen LogP contribution in [0.2, 0.25) is 0 Å². The number of nitrogens with zero attached hydrogens (tertiary/aromatic N) is 3. The molecule has 133 valence electrons.